The minimum absolute atomic E-state index is 0.00796. The molecule has 0 bridgehead atoms. The molecule has 1 N–H and O–H groups in total. The van der Waals surface area contributed by atoms with Crippen LogP contribution in [0, 0.1) is 19.8 Å². The summed E-state index contributed by atoms with van der Waals surface area (Å²) < 4.78 is 5.79. The number of thiazole rings is 1. The van der Waals surface area contributed by atoms with Crippen LogP contribution in [0.25, 0.3) is 0 Å². The van der Waals surface area contributed by atoms with Gasteiger partial charge in [0.2, 0.25) is 0 Å². The SMILES string of the molecule is Cc1cccc2c1OCC[C@H]2NC(=O)c1sc(CC2CC2)nc1C. The molecule has 2 aliphatic rings. The first kappa shape index (κ1) is 15.6. The molecule has 0 saturated heterocycles. The fraction of sp³-hybridized carbons (Fsp3) is 0.474. The first-order valence-corrected chi connectivity index (χ1v) is 9.43. The Labute approximate surface area is 146 Å². The van der Waals surface area contributed by atoms with Crippen molar-refractivity contribution >= 4 is 17.2 Å². The van der Waals surface area contributed by atoms with E-state index in [-0.39, 0.29) is 11.9 Å². The zero-order valence-corrected chi connectivity index (χ0v) is 14.9. The molecule has 1 aromatic heterocycles. The van der Waals surface area contributed by atoms with Crippen LogP contribution in [0.1, 0.15) is 56.8 Å². The molecule has 1 fully saturated rings. The summed E-state index contributed by atoms with van der Waals surface area (Å²) in [5, 5.41) is 4.29. The van der Waals surface area contributed by atoms with Gasteiger partial charge in [-0.25, -0.2) is 4.98 Å². The van der Waals surface area contributed by atoms with E-state index < -0.39 is 0 Å². The molecule has 1 aromatic carbocycles. The number of ether oxygens (including phenoxy) is 1. The summed E-state index contributed by atoms with van der Waals surface area (Å²) in [4.78, 5) is 18.1. The molecule has 1 aliphatic heterocycles. The number of hydrogen-bond donors (Lipinski definition) is 1. The number of hydrogen-bond acceptors (Lipinski definition) is 4. The second kappa shape index (κ2) is 6.20. The molecule has 0 unspecified atom stereocenters. The summed E-state index contributed by atoms with van der Waals surface area (Å²) in [6.45, 7) is 4.61. The van der Waals surface area contributed by atoms with Gasteiger partial charge in [0.15, 0.2) is 0 Å². The molecule has 2 heterocycles. The quantitative estimate of drug-likeness (QED) is 0.915. The van der Waals surface area contributed by atoms with Crippen molar-refractivity contribution < 1.29 is 9.53 Å². The van der Waals surface area contributed by atoms with Crippen LogP contribution in [0.3, 0.4) is 0 Å². The third-order valence-electron chi connectivity index (χ3n) is 4.78. The fourth-order valence-corrected chi connectivity index (χ4v) is 4.36. The molecule has 1 atom stereocenters. The van der Waals surface area contributed by atoms with E-state index in [1.807, 2.05) is 32.0 Å². The van der Waals surface area contributed by atoms with Crippen molar-refractivity contribution in [2.75, 3.05) is 6.61 Å². The van der Waals surface area contributed by atoms with Gasteiger partial charge in [-0.1, -0.05) is 18.2 Å². The van der Waals surface area contributed by atoms with E-state index in [2.05, 4.69) is 10.3 Å². The van der Waals surface area contributed by atoms with Gasteiger partial charge >= 0.3 is 0 Å². The van der Waals surface area contributed by atoms with E-state index in [0.717, 1.165) is 51.2 Å². The van der Waals surface area contributed by atoms with Gasteiger partial charge in [0.05, 0.1) is 23.4 Å². The molecule has 1 saturated carbocycles. The van der Waals surface area contributed by atoms with E-state index in [9.17, 15) is 4.79 Å². The van der Waals surface area contributed by atoms with Crippen LogP contribution in [0.15, 0.2) is 18.2 Å². The molecule has 1 amide bonds. The summed E-state index contributed by atoms with van der Waals surface area (Å²) in [6.07, 6.45) is 4.43. The van der Waals surface area contributed by atoms with Gasteiger partial charge < -0.3 is 10.1 Å². The minimum Gasteiger partial charge on any atom is -0.493 e. The van der Waals surface area contributed by atoms with Crippen LogP contribution < -0.4 is 10.1 Å². The Bertz CT molecular complexity index is 780. The van der Waals surface area contributed by atoms with Crippen LogP contribution in [-0.4, -0.2) is 17.5 Å². The van der Waals surface area contributed by atoms with Crippen LogP contribution in [0.4, 0.5) is 0 Å². The summed E-state index contributed by atoms with van der Waals surface area (Å²) in [7, 11) is 0. The lowest BCUT2D eigenvalue weighted by Crippen LogP contribution is -2.32. The number of carbonyl (C=O) groups is 1. The predicted molar refractivity (Wildman–Crippen MR) is 94.8 cm³/mol. The van der Waals surface area contributed by atoms with E-state index in [1.54, 1.807) is 11.3 Å². The Balaban J connectivity index is 1.53. The predicted octanol–water partition coefficient (Wildman–Crippen LogP) is 3.97. The number of nitrogens with one attached hydrogen (secondary N) is 1. The summed E-state index contributed by atoms with van der Waals surface area (Å²) in [6, 6.07) is 6.12. The fourth-order valence-electron chi connectivity index (χ4n) is 3.27. The Morgan fingerprint density at radius 2 is 2.17 bits per heavy atom. The number of benzene rings is 1. The molecule has 5 heteroatoms. The zero-order chi connectivity index (χ0) is 16.7. The number of carbonyl (C=O) groups excluding carboxylic acids is 1. The van der Waals surface area contributed by atoms with E-state index in [4.69, 9.17) is 4.74 Å². The number of para-hydroxylation sites is 1. The maximum Gasteiger partial charge on any atom is 0.263 e. The number of aryl methyl sites for hydroxylation is 2. The van der Waals surface area contributed by atoms with E-state index >= 15 is 0 Å². The third-order valence-corrected chi connectivity index (χ3v) is 5.96. The molecule has 4 rings (SSSR count). The highest BCUT2D eigenvalue weighted by Gasteiger charge is 2.27. The highest BCUT2D eigenvalue weighted by Crippen LogP contribution is 2.36. The van der Waals surface area contributed by atoms with Crippen molar-refractivity contribution in [2.45, 2.75) is 45.6 Å². The second-order valence-corrected chi connectivity index (χ2v) is 7.91. The summed E-state index contributed by atoms with van der Waals surface area (Å²) >= 11 is 1.55. The number of amides is 1. The van der Waals surface area contributed by atoms with E-state index in [1.165, 1.54) is 12.8 Å². The monoisotopic (exact) mass is 342 g/mol. The molecule has 126 valence electrons. The van der Waals surface area contributed by atoms with Gasteiger partial charge in [0.25, 0.3) is 5.91 Å². The highest BCUT2D eigenvalue weighted by molar-refractivity contribution is 7.13. The van der Waals surface area contributed by atoms with E-state index in [0.29, 0.717) is 6.61 Å². The number of aromatic nitrogens is 1. The van der Waals surface area contributed by atoms with Gasteiger partial charge in [0.1, 0.15) is 10.6 Å². The third kappa shape index (κ3) is 3.05. The van der Waals surface area contributed by atoms with Crippen LogP contribution in [0.2, 0.25) is 0 Å². The summed E-state index contributed by atoms with van der Waals surface area (Å²) in [5.41, 5.74) is 3.05. The molecule has 24 heavy (non-hydrogen) atoms. The Morgan fingerprint density at radius 1 is 1.33 bits per heavy atom. The summed E-state index contributed by atoms with van der Waals surface area (Å²) in [5.74, 6) is 1.70. The average molecular weight is 342 g/mol. The lowest BCUT2D eigenvalue weighted by molar-refractivity contribution is 0.0928. The molecule has 0 radical (unpaired) electrons. The van der Waals surface area contributed by atoms with Gasteiger partial charge in [-0.15, -0.1) is 11.3 Å². The van der Waals surface area contributed by atoms with Crippen LogP contribution in [0.5, 0.6) is 5.75 Å². The Hall–Kier alpha value is -1.88. The number of rotatable bonds is 4. The Morgan fingerprint density at radius 3 is 2.96 bits per heavy atom. The molecular formula is C19H22N2O2S. The van der Waals surface area contributed by atoms with Crippen molar-refractivity contribution in [1.29, 1.82) is 0 Å². The average Bonchev–Trinajstić information content (AvgIpc) is 3.29. The van der Waals surface area contributed by atoms with Crippen LogP contribution in [-0.2, 0) is 6.42 Å². The smallest absolute Gasteiger partial charge is 0.263 e. The normalized spacial score (nSPS) is 19.5. The van der Waals surface area contributed by atoms with Crippen molar-refractivity contribution in [3.05, 3.63) is 44.9 Å². The first-order chi connectivity index (χ1) is 11.6. The molecule has 2 aromatic rings. The number of nitrogens with zero attached hydrogens (tertiary/aromatic N) is 1. The van der Waals surface area contributed by atoms with Gasteiger partial charge in [-0.2, -0.15) is 0 Å². The van der Waals surface area contributed by atoms with Crippen LogP contribution >= 0.6 is 11.3 Å². The van der Waals surface area contributed by atoms with Crippen molar-refractivity contribution in [3.8, 4) is 5.75 Å². The minimum atomic E-state index is -0.00796. The molecular weight excluding hydrogens is 320 g/mol. The van der Waals surface area contributed by atoms with Crippen molar-refractivity contribution in [3.63, 3.8) is 0 Å². The largest absolute Gasteiger partial charge is 0.493 e. The maximum atomic E-state index is 12.8. The van der Waals surface area contributed by atoms with Gasteiger partial charge in [0, 0.05) is 18.4 Å². The number of fused-ring (bicyclic) bond motifs is 1. The molecule has 1 aliphatic carbocycles. The van der Waals surface area contributed by atoms with Crippen molar-refractivity contribution in [2.24, 2.45) is 5.92 Å². The lowest BCUT2D eigenvalue weighted by Gasteiger charge is -2.27. The maximum absolute atomic E-state index is 12.8. The second-order valence-electron chi connectivity index (χ2n) is 6.83. The molecule has 4 nitrogen and oxygen atoms in total. The highest BCUT2D eigenvalue weighted by atomic mass is 32.1. The standard InChI is InChI=1S/C19H22N2O2S/c1-11-4-3-5-14-15(8-9-23-17(11)14)21-19(22)18-12(2)20-16(24-18)10-13-6-7-13/h3-5,13,15H,6-10H2,1-2H3,(H,21,22)/t15-/m1/s1. The lowest BCUT2D eigenvalue weighted by atomic mass is 9.98. The van der Waals surface area contributed by atoms with Gasteiger partial charge in [-0.05, 0) is 38.2 Å². The van der Waals surface area contributed by atoms with Crippen molar-refractivity contribution in [1.82, 2.24) is 10.3 Å². The zero-order valence-electron chi connectivity index (χ0n) is 14.1. The first-order valence-electron chi connectivity index (χ1n) is 8.61. The van der Waals surface area contributed by atoms with Gasteiger partial charge in [-0.3, -0.25) is 4.79 Å². The molecule has 0 spiro atoms. The topological polar surface area (TPSA) is 51.2 Å². The Kier molecular flexibility index (Phi) is 4.04.